The Labute approximate surface area is 119 Å². The SMILES string of the molecule is CC(N)c1cccc(NC(=O)N(CCC#N)C2CC2)c1. The summed E-state index contributed by atoms with van der Waals surface area (Å²) in [5.41, 5.74) is 7.57. The lowest BCUT2D eigenvalue weighted by molar-refractivity contribution is 0.210. The van der Waals surface area contributed by atoms with Crippen LogP contribution in [-0.4, -0.2) is 23.5 Å². The van der Waals surface area contributed by atoms with Crippen molar-refractivity contribution in [3.05, 3.63) is 29.8 Å². The highest BCUT2D eigenvalue weighted by molar-refractivity contribution is 5.89. The number of nitrogens with two attached hydrogens (primary N) is 1. The van der Waals surface area contributed by atoms with E-state index in [0.717, 1.165) is 24.1 Å². The van der Waals surface area contributed by atoms with Crippen LogP contribution in [0.3, 0.4) is 0 Å². The van der Waals surface area contributed by atoms with E-state index in [1.165, 1.54) is 0 Å². The fourth-order valence-electron chi connectivity index (χ4n) is 2.10. The summed E-state index contributed by atoms with van der Waals surface area (Å²) >= 11 is 0. The smallest absolute Gasteiger partial charge is 0.322 e. The molecule has 0 spiro atoms. The van der Waals surface area contributed by atoms with Gasteiger partial charge in [0.05, 0.1) is 12.5 Å². The number of anilines is 1. The second kappa shape index (κ2) is 6.40. The molecule has 1 saturated carbocycles. The van der Waals surface area contributed by atoms with Gasteiger partial charge in [-0.15, -0.1) is 0 Å². The van der Waals surface area contributed by atoms with E-state index in [2.05, 4.69) is 11.4 Å². The number of nitrogens with one attached hydrogen (secondary N) is 1. The molecule has 0 saturated heterocycles. The summed E-state index contributed by atoms with van der Waals surface area (Å²) in [6, 6.07) is 9.73. The number of hydrogen-bond acceptors (Lipinski definition) is 3. The number of rotatable bonds is 5. The van der Waals surface area contributed by atoms with Crippen LogP contribution < -0.4 is 11.1 Å². The minimum absolute atomic E-state index is 0.0648. The first-order valence-electron chi connectivity index (χ1n) is 6.92. The lowest BCUT2D eigenvalue weighted by Gasteiger charge is -2.22. The first kappa shape index (κ1) is 14.4. The molecule has 3 N–H and O–H groups in total. The molecule has 0 radical (unpaired) electrons. The fraction of sp³-hybridized carbons (Fsp3) is 0.467. The Balaban J connectivity index is 2.02. The highest BCUT2D eigenvalue weighted by atomic mass is 16.2. The van der Waals surface area contributed by atoms with Gasteiger partial charge in [0.2, 0.25) is 0 Å². The zero-order valence-corrected chi connectivity index (χ0v) is 11.7. The van der Waals surface area contributed by atoms with E-state index in [1.54, 1.807) is 4.90 Å². The van der Waals surface area contributed by atoms with Gasteiger partial charge >= 0.3 is 6.03 Å². The molecular formula is C15H20N4O. The average molecular weight is 272 g/mol. The molecular weight excluding hydrogens is 252 g/mol. The van der Waals surface area contributed by atoms with Crippen LogP contribution in [0.25, 0.3) is 0 Å². The third-order valence-corrected chi connectivity index (χ3v) is 3.38. The molecule has 1 unspecified atom stereocenters. The Bertz CT molecular complexity index is 517. The van der Waals surface area contributed by atoms with Gasteiger partial charge in [-0.1, -0.05) is 12.1 Å². The molecule has 1 fully saturated rings. The van der Waals surface area contributed by atoms with E-state index in [-0.39, 0.29) is 12.1 Å². The van der Waals surface area contributed by atoms with E-state index < -0.39 is 0 Å². The van der Waals surface area contributed by atoms with Gasteiger partial charge in [-0.2, -0.15) is 5.26 Å². The molecule has 1 aromatic carbocycles. The van der Waals surface area contributed by atoms with Crippen molar-refractivity contribution in [1.82, 2.24) is 4.90 Å². The van der Waals surface area contributed by atoms with Gasteiger partial charge in [0.1, 0.15) is 0 Å². The molecule has 106 valence electrons. The summed E-state index contributed by atoms with van der Waals surface area (Å²) in [5.74, 6) is 0. The van der Waals surface area contributed by atoms with Crippen LogP contribution in [0.2, 0.25) is 0 Å². The summed E-state index contributed by atoms with van der Waals surface area (Å²) in [6.45, 7) is 2.39. The number of carbonyl (C=O) groups excluding carboxylic acids is 1. The third kappa shape index (κ3) is 3.72. The Morgan fingerprint density at radius 3 is 2.95 bits per heavy atom. The summed E-state index contributed by atoms with van der Waals surface area (Å²) in [6.07, 6.45) is 2.42. The Hall–Kier alpha value is -2.06. The van der Waals surface area contributed by atoms with Crippen molar-refractivity contribution in [2.24, 2.45) is 5.73 Å². The number of benzene rings is 1. The van der Waals surface area contributed by atoms with Crippen molar-refractivity contribution in [3.63, 3.8) is 0 Å². The van der Waals surface area contributed by atoms with Gasteiger partial charge in [-0.05, 0) is 37.5 Å². The van der Waals surface area contributed by atoms with Crippen molar-refractivity contribution in [2.75, 3.05) is 11.9 Å². The monoisotopic (exact) mass is 272 g/mol. The van der Waals surface area contributed by atoms with Crippen LogP contribution in [0.5, 0.6) is 0 Å². The molecule has 2 amide bonds. The van der Waals surface area contributed by atoms with Crippen molar-refractivity contribution < 1.29 is 4.79 Å². The normalized spacial score (nSPS) is 15.2. The minimum Gasteiger partial charge on any atom is -0.324 e. The summed E-state index contributed by atoms with van der Waals surface area (Å²) in [5, 5.41) is 11.6. The van der Waals surface area contributed by atoms with Gasteiger partial charge in [0.25, 0.3) is 0 Å². The summed E-state index contributed by atoms with van der Waals surface area (Å²) in [4.78, 5) is 14.0. The van der Waals surface area contributed by atoms with E-state index in [9.17, 15) is 4.79 Å². The quantitative estimate of drug-likeness (QED) is 0.864. The molecule has 0 bridgehead atoms. The molecule has 0 aromatic heterocycles. The van der Waals surface area contributed by atoms with Crippen LogP contribution in [0.1, 0.15) is 37.8 Å². The molecule has 1 aliphatic rings. The van der Waals surface area contributed by atoms with Crippen LogP contribution in [-0.2, 0) is 0 Å². The number of hydrogen-bond donors (Lipinski definition) is 2. The van der Waals surface area contributed by atoms with Crippen molar-refractivity contribution in [3.8, 4) is 6.07 Å². The molecule has 0 aliphatic heterocycles. The lowest BCUT2D eigenvalue weighted by atomic mass is 10.1. The second-order valence-electron chi connectivity index (χ2n) is 5.18. The third-order valence-electron chi connectivity index (χ3n) is 3.38. The number of carbonyl (C=O) groups is 1. The second-order valence-corrected chi connectivity index (χ2v) is 5.18. The van der Waals surface area contributed by atoms with Gasteiger partial charge in [-0.3, -0.25) is 0 Å². The van der Waals surface area contributed by atoms with Crippen molar-refractivity contribution in [2.45, 2.75) is 38.3 Å². The Morgan fingerprint density at radius 1 is 1.60 bits per heavy atom. The van der Waals surface area contributed by atoms with E-state index in [1.807, 2.05) is 31.2 Å². The van der Waals surface area contributed by atoms with E-state index in [4.69, 9.17) is 11.0 Å². The van der Waals surface area contributed by atoms with E-state index >= 15 is 0 Å². The molecule has 20 heavy (non-hydrogen) atoms. The first-order valence-corrected chi connectivity index (χ1v) is 6.92. The van der Waals surface area contributed by atoms with Crippen LogP contribution >= 0.6 is 0 Å². The molecule has 1 atom stereocenters. The number of nitriles is 1. The summed E-state index contributed by atoms with van der Waals surface area (Å²) in [7, 11) is 0. The number of urea groups is 1. The van der Waals surface area contributed by atoms with Gasteiger partial charge in [0.15, 0.2) is 0 Å². The topological polar surface area (TPSA) is 82.2 Å². The Morgan fingerprint density at radius 2 is 2.35 bits per heavy atom. The zero-order valence-electron chi connectivity index (χ0n) is 11.7. The zero-order chi connectivity index (χ0) is 14.5. The predicted octanol–water partition coefficient (Wildman–Crippen LogP) is 2.62. The Kier molecular flexibility index (Phi) is 4.59. The maximum absolute atomic E-state index is 12.3. The largest absolute Gasteiger partial charge is 0.324 e. The maximum atomic E-state index is 12.3. The van der Waals surface area contributed by atoms with E-state index in [0.29, 0.717) is 19.0 Å². The lowest BCUT2D eigenvalue weighted by Crippen LogP contribution is -2.37. The highest BCUT2D eigenvalue weighted by Gasteiger charge is 2.32. The molecule has 2 rings (SSSR count). The molecule has 0 heterocycles. The van der Waals surface area contributed by atoms with Gasteiger partial charge < -0.3 is 16.0 Å². The number of amides is 2. The predicted molar refractivity (Wildman–Crippen MR) is 78.0 cm³/mol. The average Bonchev–Trinajstić information content (AvgIpc) is 3.24. The molecule has 1 aromatic rings. The molecule has 1 aliphatic carbocycles. The summed E-state index contributed by atoms with van der Waals surface area (Å²) < 4.78 is 0. The van der Waals surface area contributed by atoms with Crippen LogP contribution in [0, 0.1) is 11.3 Å². The molecule has 5 heteroatoms. The molecule has 5 nitrogen and oxygen atoms in total. The minimum atomic E-state index is -0.135. The maximum Gasteiger partial charge on any atom is 0.322 e. The van der Waals surface area contributed by atoms with Crippen LogP contribution in [0.15, 0.2) is 24.3 Å². The van der Waals surface area contributed by atoms with Gasteiger partial charge in [-0.25, -0.2) is 4.79 Å². The first-order chi connectivity index (χ1) is 9.61. The van der Waals surface area contributed by atoms with Crippen LogP contribution in [0.4, 0.5) is 10.5 Å². The number of nitrogens with zero attached hydrogens (tertiary/aromatic N) is 2. The standard InChI is InChI=1S/C15H20N4O/c1-11(17)12-4-2-5-13(10-12)18-15(20)19(9-3-8-16)14-6-7-14/h2,4-5,10-11,14H,3,6-7,9,17H2,1H3,(H,18,20). The van der Waals surface area contributed by atoms with Crippen molar-refractivity contribution in [1.29, 1.82) is 5.26 Å². The fourth-order valence-corrected chi connectivity index (χ4v) is 2.10. The van der Waals surface area contributed by atoms with Gasteiger partial charge in [0, 0.05) is 24.3 Å². The highest BCUT2D eigenvalue weighted by Crippen LogP contribution is 2.27. The van der Waals surface area contributed by atoms with Crippen molar-refractivity contribution >= 4 is 11.7 Å².